The molecule has 0 amide bonds. The Kier molecular flexibility index (Phi) is 2.28. The van der Waals surface area contributed by atoms with E-state index < -0.39 is 8.25 Å². The third-order valence-electron chi connectivity index (χ3n) is 0.700. The Balaban J connectivity index is 2.58. The molecule has 0 saturated heterocycles. The van der Waals surface area contributed by atoms with Gasteiger partial charge < -0.3 is 9.42 Å². The smallest absolute Gasteiger partial charge is 0.365 e. The third kappa shape index (κ3) is 2.18. The molecule has 1 rings (SSSR count). The summed E-state index contributed by atoms with van der Waals surface area (Å²) in [5.74, 6) is 0.464. The van der Waals surface area contributed by atoms with Crippen LogP contribution in [0.4, 0.5) is 0 Å². The number of rotatable bonds is 2. The van der Waals surface area contributed by atoms with E-state index in [0.29, 0.717) is 5.75 Å². The summed E-state index contributed by atoms with van der Waals surface area (Å²) < 4.78 is 14.5. The van der Waals surface area contributed by atoms with Crippen molar-refractivity contribution in [1.29, 1.82) is 0 Å². The lowest BCUT2D eigenvalue weighted by atomic mass is 10.6. The topological polar surface area (TPSA) is 46.5 Å². The molecule has 50 valence electrons. The minimum Gasteiger partial charge on any atom is -0.425 e. The van der Waals surface area contributed by atoms with E-state index in [1.807, 2.05) is 0 Å². The zero-order chi connectivity index (χ0) is 6.69. The molecule has 1 N–H and O–H groups in total. The van der Waals surface area contributed by atoms with E-state index in [-0.39, 0.29) is 0 Å². The molecule has 0 aliphatic carbocycles. The summed E-state index contributed by atoms with van der Waals surface area (Å²) in [5, 5.41) is 3.44. The van der Waals surface area contributed by atoms with Crippen molar-refractivity contribution in [3.8, 4) is 5.75 Å². The fraction of sp³-hybridized carbons (Fsp3) is 0. The highest BCUT2D eigenvalue weighted by molar-refractivity contribution is 7.32. The SMILES string of the molecule is O=[PH](O)Oc1ccsc1. The molecule has 1 heterocycles. The van der Waals surface area contributed by atoms with Gasteiger partial charge in [-0.25, -0.2) is 4.57 Å². The highest BCUT2D eigenvalue weighted by Gasteiger charge is 1.94. The van der Waals surface area contributed by atoms with Gasteiger partial charge in [-0.2, -0.15) is 0 Å². The summed E-state index contributed by atoms with van der Waals surface area (Å²) in [7, 11) is -2.80. The van der Waals surface area contributed by atoms with Gasteiger partial charge in [-0.15, -0.1) is 11.3 Å². The molecule has 1 unspecified atom stereocenters. The summed E-state index contributed by atoms with van der Waals surface area (Å²) in [5.41, 5.74) is 0. The van der Waals surface area contributed by atoms with Crippen molar-refractivity contribution < 1.29 is 14.0 Å². The van der Waals surface area contributed by atoms with Crippen LogP contribution in [-0.2, 0) is 4.57 Å². The highest BCUT2D eigenvalue weighted by Crippen LogP contribution is 2.24. The first kappa shape index (κ1) is 6.81. The molecule has 1 aromatic rings. The van der Waals surface area contributed by atoms with Gasteiger partial charge in [0.05, 0.1) is 0 Å². The normalized spacial score (nSPS) is 13.0. The molecule has 0 aromatic carbocycles. The van der Waals surface area contributed by atoms with E-state index in [9.17, 15) is 4.57 Å². The van der Waals surface area contributed by atoms with Crippen molar-refractivity contribution in [2.75, 3.05) is 0 Å². The second-order valence-electron chi connectivity index (χ2n) is 1.33. The van der Waals surface area contributed by atoms with Crippen LogP contribution in [-0.4, -0.2) is 4.89 Å². The third-order valence-corrected chi connectivity index (χ3v) is 1.77. The molecule has 1 atom stereocenters. The van der Waals surface area contributed by atoms with Gasteiger partial charge in [0.25, 0.3) is 0 Å². The van der Waals surface area contributed by atoms with Crippen LogP contribution >= 0.6 is 19.6 Å². The summed E-state index contributed by atoms with van der Waals surface area (Å²) in [6.07, 6.45) is 0. The standard InChI is InChI=1S/C4H5O3PS/c5-8(6)7-4-1-2-9-3-4/h1-3,8H,(H,5,6). The molecule has 9 heavy (non-hydrogen) atoms. The Bertz CT molecular complexity index is 196. The van der Waals surface area contributed by atoms with Crippen LogP contribution in [0.25, 0.3) is 0 Å². The molecular weight excluding hydrogens is 159 g/mol. The van der Waals surface area contributed by atoms with Crippen molar-refractivity contribution in [3.05, 3.63) is 16.8 Å². The highest BCUT2D eigenvalue weighted by atomic mass is 32.1. The monoisotopic (exact) mass is 164 g/mol. The molecule has 0 spiro atoms. The molecular formula is C4H5O3PS. The molecule has 1 aromatic heterocycles. The maximum Gasteiger partial charge on any atom is 0.365 e. The minimum atomic E-state index is -2.80. The maximum atomic E-state index is 10.0. The average molecular weight is 164 g/mol. The van der Waals surface area contributed by atoms with E-state index in [2.05, 4.69) is 4.52 Å². The zero-order valence-electron chi connectivity index (χ0n) is 4.40. The number of thiophene rings is 1. The van der Waals surface area contributed by atoms with Crippen LogP contribution in [0.2, 0.25) is 0 Å². The number of hydrogen-bond acceptors (Lipinski definition) is 3. The van der Waals surface area contributed by atoms with Crippen molar-refractivity contribution in [3.63, 3.8) is 0 Å². The molecule has 5 heteroatoms. The lowest BCUT2D eigenvalue weighted by molar-refractivity contribution is 0.411. The van der Waals surface area contributed by atoms with E-state index in [1.54, 1.807) is 16.8 Å². The summed E-state index contributed by atoms with van der Waals surface area (Å²) in [4.78, 5) is 8.25. The van der Waals surface area contributed by atoms with Gasteiger partial charge >= 0.3 is 8.25 Å². The first-order valence-corrected chi connectivity index (χ1v) is 4.42. The average Bonchev–Trinajstić information content (AvgIpc) is 2.15. The first-order chi connectivity index (χ1) is 4.29. The Labute approximate surface area is 56.9 Å². The van der Waals surface area contributed by atoms with Crippen molar-refractivity contribution >= 4 is 19.6 Å². The van der Waals surface area contributed by atoms with Gasteiger partial charge in [0.1, 0.15) is 5.75 Å². The lowest BCUT2D eigenvalue weighted by Gasteiger charge is -1.93. The van der Waals surface area contributed by atoms with Crippen LogP contribution in [0.3, 0.4) is 0 Å². The molecule has 0 fully saturated rings. The van der Waals surface area contributed by atoms with E-state index in [4.69, 9.17) is 4.89 Å². The van der Waals surface area contributed by atoms with Crippen LogP contribution in [0.15, 0.2) is 16.8 Å². The Hall–Kier alpha value is -0.310. The van der Waals surface area contributed by atoms with Gasteiger partial charge in [0.15, 0.2) is 0 Å². The van der Waals surface area contributed by atoms with Crippen LogP contribution in [0.1, 0.15) is 0 Å². The van der Waals surface area contributed by atoms with Gasteiger partial charge in [0, 0.05) is 5.38 Å². The molecule has 0 aliphatic heterocycles. The summed E-state index contributed by atoms with van der Waals surface area (Å²) in [6.45, 7) is 0. The van der Waals surface area contributed by atoms with Gasteiger partial charge in [-0.1, -0.05) is 0 Å². The Morgan fingerprint density at radius 3 is 3.00 bits per heavy atom. The fourth-order valence-corrected chi connectivity index (χ4v) is 1.38. The zero-order valence-corrected chi connectivity index (χ0v) is 6.22. The molecule has 0 radical (unpaired) electrons. The number of hydrogen-bond donors (Lipinski definition) is 1. The predicted octanol–water partition coefficient (Wildman–Crippen LogP) is 1.51. The van der Waals surface area contributed by atoms with Crippen LogP contribution < -0.4 is 4.52 Å². The molecule has 0 aliphatic rings. The van der Waals surface area contributed by atoms with Gasteiger partial charge in [-0.3, -0.25) is 0 Å². The van der Waals surface area contributed by atoms with Crippen molar-refractivity contribution in [2.45, 2.75) is 0 Å². The van der Waals surface area contributed by atoms with Crippen molar-refractivity contribution in [2.24, 2.45) is 0 Å². The predicted molar refractivity (Wildman–Crippen MR) is 36.2 cm³/mol. The van der Waals surface area contributed by atoms with Crippen LogP contribution in [0, 0.1) is 0 Å². The summed E-state index contributed by atoms with van der Waals surface area (Å²) >= 11 is 1.42. The minimum absolute atomic E-state index is 0.464. The molecule has 0 bridgehead atoms. The molecule has 0 saturated carbocycles. The van der Waals surface area contributed by atoms with Crippen molar-refractivity contribution in [1.82, 2.24) is 0 Å². The second-order valence-corrected chi connectivity index (χ2v) is 2.84. The fourth-order valence-electron chi connectivity index (χ4n) is 0.411. The first-order valence-electron chi connectivity index (χ1n) is 2.22. The maximum absolute atomic E-state index is 10.0. The van der Waals surface area contributed by atoms with E-state index >= 15 is 0 Å². The Morgan fingerprint density at radius 2 is 2.56 bits per heavy atom. The van der Waals surface area contributed by atoms with Crippen LogP contribution in [0.5, 0.6) is 5.75 Å². The van der Waals surface area contributed by atoms with Gasteiger partial charge in [0.2, 0.25) is 0 Å². The molecule has 3 nitrogen and oxygen atoms in total. The lowest BCUT2D eigenvalue weighted by Crippen LogP contribution is -1.73. The van der Waals surface area contributed by atoms with E-state index in [1.165, 1.54) is 11.3 Å². The van der Waals surface area contributed by atoms with E-state index in [0.717, 1.165) is 0 Å². The second kappa shape index (κ2) is 3.01. The summed E-state index contributed by atoms with van der Waals surface area (Å²) in [6, 6.07) is 1.64. The Morgan fingerprint density at radius 1 is 1.78 bits per heavy atom. The quantitative estimate of drug-likeness (QED) is 0.674. The largest absolute Gasteiger partial charge is 0.425 e. The van der Waals surface area contributed by atoms with Gasteiger partial charge in [-0.05, 0) is 11.4 Å².